The highest BCUT2D eigenvalue weighted by Gasteiger charge is 2.11. The Morgan fingerprint density at radius 1 is 0.941 bits per heavy atom. The van der Waals surface area contributed by atoms with Crippen molar-refractivity contribution in [2.75, 3.05) is 5.32 Å². The summed E-state index contributed by atoms with van der Waals surface area (Å²) in [5.74, 6) is -0.213. The standard InChI is InChI=1S/C27H19BrCl2N2O2/c28-23-14-17(12-18-6-1-3-10-24(18)29)13-19(26(23)33)16-31-20-7-5-8-21(15-20)32-27(34)22-9-2-4-11-25(22)30/h1-11,13-16,33H,12H2,(H,32,34). The van der Waals surface area contributed by atoms with Crippen LogP contribution in [-0.4, -0.2) is 17.2 Å². The van der Waals surface area contributed by atoms with E-state index >= 15 is 0 Å². The van der Waals surface area contributed by atoms with E-state index in [0.717, 1.165) is 11.1 Å². The molecule has 0 bridgehead atoms. The third-order valence-electron chi connectivity index (χ3n) is 5.08. The number of amides is 1. The Morgan fingerprint density at radius 2 is 1.68 bits per heavy atom. The SMILES string of the molecule is O=C(Nc1cccc(N=Cc2cc(Cc3ccccc3Cl)cc(Br)c2O)c1)c1ccccc1Cl. The molecule has 0 saturated heterocycles. The van der Waals surface area contributed by atoms with E-state index in [1.54, 1.807) is 54.7 Å². The minimum Gasteiger partial charge on any atom is -0.506 e. The van der Waals surface area contributed by atoms with E-state index in [-0.39, 0.29) is 11.7 Å². The number of anilines is 1. The van der Waals surface area contributed by atoms with E-state index in [1.807, 2.05) is 36.4 Å². The maximum absolute atomic E-state index is 12.5. The average molecular weight is 554 g/mol. The van der Waals surface area contributed by atoms with Crippen LogP contribution in [0.1, 0.15) is 27.0 Å². The summed E-state index contributed by atoms with van der Waals surface area (Å²) >= 11 is 15.8. The summed E-state index contributed by atoms with van der Waals surface area (Å²) in [6.07, 6.45) is 2.20. The van der Waals surface area contributed by atoms with Crippen molar-refractivity contribution in [2.24, 2.45) is 4.99 Å². The van der Waals surface area contributed by atoms with Gasteiger partial charge in [0, 0.05) is 22.5 Å². The van der Waals surface area contributed by atoms with Gasteiger partial charge in [-0.25, -0.2) is 0 Å². The van der Waals surface area contributed by atoms with E-state index in [0.29, 0.717) is 43.4 Å². The summed E-state index contributed by atoms with van der Waals surface area (Å²) in [5, 5.41) is 14.4. The average Bonchev–Trinajstić information content (AvgIpc) is 2.82. The van der Waals surface area contributed by atoms with Crippen molar-refractivity contribution in [3.8, 4) is 5.75 Å². The minimum atomic E-state index is -0.305. The largest absolute Gasteiger partial charge is 0.506 e. The van der Waals surface area contributed by atoms with Gasteiger partial charge in [0.05, 0.1) is 20.7 Å². The van der Waals surface area contributed by atoms with Crippen molar-refractivity contribution in [3.05, 3.63) is 122 Å². The molecule has 170 valence electrons. The number of nitrogens with zero attached hydrogens (tertiary/aromatic N) is 1. The summed E-state index contributed by atoms with van der Waals surface area (Å²) in [5.41, 5.74) is 4.11. The number of hydrogen-bond donors (Lipinski definition) is 2. The molecular weight excluding hydrogens is 535 g/mol. The molecule has 0 radical (unpaired) electrons. The quantitative estimate of drug-likeness (QED) is 0.237. The summed E-state index contributed by atoms with van der Waals surface area (Å²) in [6.45, 7) is 0. The molecular formula is C27H19BrCl2N2O2. The summed E-state index contributed by atoms with van der Waals surface area (Å²) in [7, 11) is 0. The molecule has 7 heteroatoms. The van der Waals surface area contributed by atoms with E-state index in [2.05, 4.69) is 26.2 Å². The number of rotatable bonds is 6. The molecule has 0 aliphatic rings. The topological polar surface area (TPSA) is 61.7 Å². The van der Waals surface area contributed by atoms with Crippen molar-refractivity contribution in [1.82, 2.24) is 0 Å². The molecule has 0 aliphatic heterocycles. The van der Waals surface area contributed by atoms with E-state index in [1.165, 1.54) is 0 Å². The van der Waals surface area contributed by atoms with Crippen molar-refractivity contribution < 1.29 is 9.90 Å². The zero-order chi connectivity index (χ0) is 24.1. The lowest BCUT2D eigenvalue weighted by atomic mass is 10.0. The molecule has 34 heavy (non-hydrogen) atoms. The van der Waals surface area contributed by atoms with Crippen LogP contribution >= 0.6 is 39.1 Å². The zero-order valence-corrected chi connectivity index (χ0v) is 20.9. The minimum absolute atomic E-state index is 0.0924. The highest BCUT2D eigenvalue weighted by atomic mass is 79.9. The molecule has 0 fully saturated rings. The number of benzene rings is 4. The van der Waals surface area contributed by atoms with E-state index in [4.69, 9.17) is 23.2 Å². The monoisotopic (exact) mass is 552 g/mol. The van der Waals surface area contributed by atoms with Gasteiger partial charge in [0.15, 0.2) is 0 Å². The Balaban J connectivity index is 1.54. The number of carbonyl (C=O) groups excluding carboxylic acids is 1. The first kappa shape index (κ1) is 24.0. The van der Waals surface area contributed by atoms with Crippen molar-refractivity contribution >= 4 is 62.6 Å². The maximum Gasteiger partial charge on any atom is 0.257 e. The fraction of sp³-hybridized carbons (Fsp3) is 0.0370. The van der Waals surface area contributed by atoms with Crippen LogP contribution in [0.2, 0.25) is 10.0 Å². The van der Waals surface area contributed by atoms with E-state index < -0.39 is 0 Å². The van der Waals surface area contributed by atoms with Crippen molar-refractivity contribution in [3.63, 3.8) is 0 Å². The molecule has 0 aliphatic carbocycles. The van der Waals surface area contributed by atoms with Gasteiger partial charge < -0.3 is 10.4 Å². The van der Waals surface area contributed by atoms with Crippen LogP contribution in [0.3, 0.4) is 0 Å². The Morgan fingerprint density at radius 3 is 2.44 bits per heavy atom. The van der Waals surface area contributed by atoms with Crippen molar-refractivity contribution in [2.45, 2.75) is 6.42 Å². The fourth-order valence-corrected chi connectivity index (χ4v) is 4.34. The Hall–Kier alpha value is -3.12. The molecule has 0 spiro atoms. The van der Waals surface area contributed by atoms with Gasteiger partial charge in [0.2, 0.25) is 0 Å². The highest BCUT2D eigenvalue weighted by molar-refractivity contribution is 9.10. The zero-order valence-electron chi connectivity index (χ0n) is 17.8. The second-order valence-electron chi connectivity index (χ2n) is 7.53. The first-order valence-electron chi connectivity index (χ1n) is 10.4. The number of phenolic OH excluding ortho intramolecular Hbond substituents is 1. The van der Waals surface area contributed by atoms with Crippen LogP contribution in [-0.2, 0) is 6.42 Å². The molecule has 4 nitrogen and oxygen atoms in total. The van der Waals surface area contributed by atoms with Gasteiger partial charge in [-0.1, -0.05) is 59.6 Å². The van der Waals surface area contributed by atoms with Gasteiger partial charge in [-0.15, -0.1) is 0 Å². The number of phenols is 1. The first-order valence-corrected chi connectivity index (χ1v) is 11.9. The van der Waals surface area contributed by atoms with Crippen molar-refractivity contribution in [1.29, 1.82) is 0 Å². The van der Waals surface area contributed by atoms with Gasteiger partial charge in [-0.05, 0) is 82.0 Å². The first-order chi connectivity index (χ1) is 16.4. The number of nitrogens with one attached hydrogen (secondary N) is 1. The molecule has 0 unspecified atom stereocenters. The molecule has 1 amide bonds. The fourth-order valence-electron chi connectivity index (χ4n) is 3.39. The predicted molar refractivity (Wildman–Crippen MR) is 143 cm³/mol. The smallest absolute Gasteiger partial charge is 0.257 e. The molecule has 4 rings (SSSR count). The molecule has 4 aromatic rings. The molecule has 4 aromatic carbocycles. The number of halogens is 3. The van der Waals surface area contributed by atoms with Gasteiger partial charge in [-0.3, -0.25) is 9.79 Å². The van der Waals surface area contributed by atoms with Crippen LogP contribution < -0.4 is 5.32 Å². The maximum atomic E-state index is 12.5. The van der Waals surface area contributed by atoms with Gasteiger partial charge >= 0.3 is 0 Å². The second kappa shape index (κ2) is 10.9. The third-order valence-corrected chi connectivity index (χ3v) is 6.38. The molecule has 0 heterocycles. The summed E-state index contributed by atoms with van der Waals surface area (Å²) < 4.78 is 0.569. The second-order valence-corrected chi connectivity index (χ2v) is 9.19. The lowest BCUT2D eigenvalue weighted by molar-refractivity contribution is 0.102. The number of aliphatic imine (C=N–C) groups is 1. The molecule has 2 N–H and O–H groups in total. The summed E-state index contributed by atoms with van der Waals surface area (Å²) in [6, 6.07) is 25.4. The molecule has 0 aromatic heterocycles. The van der Waals surface area contributed by atoms with Gasteiger partial charge in [0.1, 0.15) is 5.75 Å². The van der Waals surface area contributed by atoms with Crippen LogP contribution in [0.25, 0.3) is 0 Å². The number of aromatic hydroxyl groups is 1. The van der Waals surface area contributed by atoms with Gasteiger partial charge in [0.25, 0.3) is 5.91 Å². The highest BCUT2D eigenvalue weighted by Crippen LogP contribution is 2.31. The Labute approximate surface area is 216 Å². The van der Waals surface area contributed by atoms with E-state index in [9.17, 15) is 9.90 Å². The Bertz CT molecular complexity index is 1390. The molecule has 0 saturated carbocycles. The van der Waals surface area contributed by atoms with Gasteiger partial charge in [-0.2, -0.15) is 0 Å². The Kier molecular flexibility index (Phi) is 7.68. The third kappa shape index (κ3) is 5.86. The lowest BCUT2D eigenvalue weighted by Crippen LogP contribution is -2.12. The van der Waals surface area contributed by atoms with Crippen LogP contribution in [0.4, 0.5) is 11.4 Å². The van der Waals surface area contributed by atoms with Crippen LogP contribution in [0.15, 0.2) is 94.4 Å². The number of carbonyl (C=O) groups is 1. The van der Waals surface area contributed by atoms with Crippen LogP contribution in [0.5, 0.6) is 5.75 Å². The van der Waals surface area contributed by atoms with Crippen LogP contribution in [0, 0.1) is 0 Å². The lowest BCUT2D eigenvalue weighted by Gasteiger charge is -2.09. The number of hydrogen-bond acceptors (Lipinski definition) is 3. The predicted octanol–water partition coefficient (Wildman–Crippen LogP) is 8.06. The molecule has 0 atom stereocenters. The summed E-state index contributed by atoms with van der Waals surface area (Å²) in [4.78, 5) is 17.0. The normalized spacial score (nSPS) is 11.0.